The molecule has 3 heterocycles. The molecule has 8 heteroatoms. The Morgan fingerprint density at radius 3 is 3.06 bits per heavy atom. The highest BCUT2D eigenvalue weighted by molar-refractivity contribution is 9.10. The van der Waals surface area contributed by atoms with Gasteiger partial charge in [-0.25, -0.2) is 9.97 Å². The maximum atomic E-state index is 4.41. The van der Waals surface area contributed by atoms with Crippen LogP contribution >= 0.6 is 39.0 Å². The Morgan fingerprint density at radius 2 is 2.29 bits per heavy atom. The van der Waals surface area contributed by atoms with Gasteiger partial charge in [0.05, 0.1) is 0 Å². The van der Waals surface area contributed by atoms with Crippen LogP contribution in [-0.2, 0) is 0 Å². The topological polar surface area (TPSA) is 56.0 Å². The molecule has 86 valence electrons. The quantitative estimate of drug-likeness (QED) is 0.724. The second kappa shape index (κ2) is 4.35. The SMILES string of the molecule is Cc1nnc(Sc2nc(Br)cn3ccnc23)s1. The van der Waals surface area contributed by atoms with E-state index in [9.17, 15) is 0 Å². The van der Waals surface area contributed by atoms with Crippen LogP contribution in [0.2, 0.25) is 0 Å². The van der Waals surface area contributed by atoms with Crippen LogP contribution < -0.4 is 0 Å². The van der Waals surface area contributed by atoms with Crippen molar-refractivity contribution >= 4 is 44.7 Å². The third kappa shape index (κ3) is 2.20. The maximum absolute atomic E-state index is 4.41. The number of imidazole rings is 1. The lowest BCUT2D eigenvalue weighted by Crippen LogP contribution is -1.91. The summed E-state index contributed by atoms with van der Waals surface area (Å²) in [5.41, 5.74) is 0.825. The number of rotatable bonds is 2. The highest BCUT2D eigenvalue weighted by Gasteiger charge is 2.11. The lowest BCUT2D eigenvalue weighted by molar-refractivity contribution is 0.972. The second-order valence-corrected chi connectivity index (χ2v) is 6.45. The van der Waals surface area contributed by atoms with Gasteiger partial charge in [-0.2, -0.15) is 0 Å². The van der Waals surface area contributed by atoms with Gasteiger partial charge in [0.2, 0.25) is 0 Å². The van der Waals surface area contributed by atoms with E-state index in [1.54, 1.807) is 17.5 Å². The van der Waals surface area contributed by atoms with Crippen molar-refractivity contribution in [2.45, 2.75) is 16.3 Å². The summed E-state index contributed by atoms with van der Waals surface area (Å²) in [4.78, 5) is 8.69. The molecule has 0 fully saturated rings. The molecule has 3 aromatic rings. The highest BCUT2D eigenvalue weighted by Crippen LogP contribution is 2.31. The first-order chi connectivity index (χ1) is 8.22. The van der Waals surface area contributed by atoms with E-state index < -0.39 is 0 Å². The fourth-order valence-corrected chi connectivity index (χ4v) is 3.68. The Hall–Kier alpha value is -0.990. The molecule has 0 bridgehead atoms. The number of nitrogens with zero attached hydrogens (tertiary/aromatic N) is 5. The van der Waals surface area contributed by atoms with E-state index in [0.717, 1.165) is 24.6 Å². The Bertz CT molecular complexity index is 677. The van der Waals surface area contributed by atoms with Gasteiger partial charge in [-0.05, 0) is 34.6 Å². The van der Waals surface area contributed by atoms with Crippen LogP contribution in [0.4, 0.5) is 0 Å². The lowest BCUT2D eigenvalue weighted by Gasteiger charge is -2.00. The van der Waals surface area contributed by atoms with E-state index in [2.05, 4.69) is 36.1 Å². The lowest BCUT2D eigenvalue weighted by atomic mass is 10.7. The number of aromatic nitrogens is 5. The number of fused-ring (bicyclic) bond motifs is 1. The van der Waals surface area contributed by atoms with Crippen molar-refractivity contribution in [3.8, 4) is 0 Å². The number of halogens is 1. The fourth-order valence-electron chi connectivity index (χ4n) is 1.34. The van der Waals surface area contributed by atoms with Gasteiger partial charge in [-0.15, -0.1) is 10.2 Å². The molecule has 0 aromatic carbocycles. The molecule has 0 aliphatic heterocycles. The van der Waals surface area contributed by atoms with Crippen LogP contribution in [0.5, 0.6) is 0 Å². The summed E-state index contributed by atoms with van der Waals surface area (Å²) in [6.07, 6.45) is 5.51. The van der Waals surface area contributed by atoms with Crippen LogP contribution in [0.1, 0.15) is 5.01 Å². The van der Waals surface area contributed by atoms with Gasteiger partial charge in [-0.1, -0.05) is 11.3 Å². The van der Waals surface area contributed by atoms with Crippen LogP contribution in [0.15, 0.2) is 32.6 Å². The summed E-state index contributed by atoms with van der Waals surface area (Å²) in [5.74, 6) is 0. The Morgan fingerprint density at radius 1 is 1.41 bits per heavy atom. The van der Waals surface area contributed by atoms with Gasteiger partial charge in [0.1, 0.15) is 14.6 Å². The van der Waals surface area contributed by atoms with Crippen molar-refractivity contribution in [3.63, 3.8) is 0 Å². The first kappa shape index (κ1) is 11.1. The van der Waals surface area contributed by atoms with E-state index in [-0.39, 0.29) is 0 Å². The number of hydrogen-bond donors (Lipinski definition) is 0. The van der Waals surface area contributed by atoms with Crippen LogP contribution in [-0.4, -0.2) is 24.6 Å². The zero-order valence-corrected chi connectivity index (χ0v) is 11.9. The molecule has 0 spiro atoms. The van der Waals surface area contributed by atoms with Gasteiger partial charge in [-0.3, -0.25) is 0 Å². The molecule has 0 aliphatic rings. The average Bonchev–Trinajstić information content (AvgIpc) is 2.87. The Balaban J connectivity index is 2.07. The summed E-state index contributed by atoms with van der Waals surface area (Å²) < 4.78 is 3.57. The van der Waals surface area contributed by atoms with Crippen LogP contribution in [0.3, 0.4) is 0 Å². The minimum absolute atomic E-state index is 0.770. The third-order valence-corrected chi connectivity index (χ3v) is 4.24. The summed E-state index contributed by atoms with van der Waals surface area (Å²) in [6, 6.07) is 0. The van der Waals surface area contributed by atoms with E-state index in [4.69, 9.17) is 0 Å². The van der Waals surface area contributed by atoms with Gasteiger partial charge in [0.25, 0.3) is 0 Å². The zero-order valence-electron chi connectivity index (χ0n) is 8.66. The zero-order chi connectivity index (χ0) is 11.8. The molecule has 3 rings (SSSR count). The first-order valence-corrected chi connectivity index (χ1v) is 7.12. The normalized spacial score (nSPS) is 11.2. The summed E-state index contributed by atoms with van der Waals surface area (Å²) >= 11 is 6.41. The fraction of sp³-hybridized carbons (Fsp3) is 0.111. The maximum Gasteiger partial charge on any atom is 0.180 e. The smallest absolute Gasteiger partial charge is 0.180 e. The van der Waals surface area contributed by atoms with Crippen molar-refractivity contribution in [1.29, 1.82) is 0 Å². The van der Waals surface area contributed by atoms with Gasteiger partial charge >= 0.3 is 0 Å². The molecule has 5 nitrogen and oxygen atoms in total. The number of hydrogen-bond acceptors (Lipinski definition) is 6. The molecular weight excluding hydrogens is 322 g/mol. The molecule has 0 amide bonds. The molecule has 0 aliphatic carbocycles. The first-order valence-electron chi connectivity index (χ1n) is 4.69. The summed E-state index contributed by atoms with van der Waals surface area (Å²) in [7, 11) is 0. The van der Waals surface area contributed by atoms with Crippen molar-refractivity contribution in [3.05, 3.63) is 28.2 Å². The minimum Gasteiger partial charge on any atom is -0.302 e. The molecule has 0 unspecified atom stereocenters. The molecule has 0 atom stereocenters. The van der Waals surface area contributed by atoms with Crippen LogP contribution in [0, 0.1) is 6.92 Å². The predicted molar refractivity (Wildman–Crippen MR) is 69.5 cm³/mol. The Labute approximate surface area is 113 Å². The third-order valence-electron chi connectivity index (χ3n) is 2.01. The molecule has 0 saturated carbocycles. The minimum atomic E-state index is 0.770. The van der Waals surface area contributed by atoms with Crippen molar-refractivity contribution < 1.29 is 0 Å². The van der Waals surface area contributed by atoms with Gasteiger partial charge < -0.3 is 4.40 Å². The largest absolute Gasteiger partial charge is 0.302 e. The summed E-state index contributed by atoms with van der Waals surface area (Å²) in [5, 5.41) is 9.82. The van der Waals surface area contributed by atoms with Crippen molar-refractivity contribution in [2.75, 3.05) is 0 Å². The van der Waals surface area contributed by atoms with Crippen LogP contribution in [0.25, 0.3) is 5.65 Å². The molecule has 17 heavy (non-hydrogen) atoms. The molecule has 0 saturated heterocycles. The van der Waals surface area contributed by atoms with Gasteiger partial charge in [0.15, 0.2) is 9.99 Å². The molecule has 0 radical (unpaired) electrons. The molecule has 0 N–H and O–H groups in total. The Kier molecular flexibility index (Phi) is 2.85. The monoisotopic (exact) mass is 327 g/mol. The molecule has 3 aromatic heterocycles. The standard InChI is InChI=1S/C9H6BrN5S2/c1-5-13-14-9(16-5)17-8-7-11-2-3-15(7)4-6(10)12-8/h2-4H,1H3. The summed E-state index contributed by atoms with van der Waals surface area (Å²) in [6.45, 7) is 1.93. The average molecular weight is 328 g/mol. The van der Waals surface area contributed by atoms with Gasteiger partial charge in [0, 0.05) is 18.6 Å². The van der Waals surface area contributed by atoms with E-state index in [1.165, 1.54) is 11.8 Å². The van der Waals surface area contributed by atoms with Crippen molar-refractivity contribution in [2.24, 2.45) is 0 Å². The van der Waals surface area contributed by atoms with E-state index in [1.807, 2.05) is 23.7 Å². The molecular formula is C9H6BrN5S2. The predicted octanol–water partition coefficient (Wildman–Crippen LogP) is 2.80. The van der Waals surface area contributed by atoms with E-state index in [0.29, 0.717) is 0 Å². The van der Waals surface area contributed by atoms with E-state index >= 15 is 0 Å². The second-order valence-electron chi connectivity index (χ2n) is 3.22. The number of aryl methyl sites for hydroxylation is 1. The van der Waals surface area contributed by atoms with Crippen molar-refractivity contribution in [1.82, 2.24) is 24.6 Å². The highest BCUT2D eigenvalue weighted by atomic mass is 79.9.